The van der Waals surface area contributed by atoms with Crippen molar-refractivity contribution in [3.63, 3.8) is 0 Å². The average Bonchev–Trinajstić information content (AvgIpc) is 2.52. The lowest BCUT2D eigenvalue weighted by Crippen LogP contribution is -2.25. The van der Waals surface area contributed by atoms with E-state index in [9.17, 15) is 18.0 Å². The number of alkyl halides is 3. The highest BCUT2D eigenvalue weighted by atomic mass is 19.4. The molecule has 3 nitrogen and oxygen atoms in total. The predicted octanol–water partition coefficient (Wildman–Crippen LogP) is 3.51. The fourth-order valence-corrected chi connectivity index (χ4v) is 1.90. The summed E-state index contributed by atoms with van der Waals surface area (Å²) in [6.45, 7) is 0.0801. The van der Waals surface area contributed by atoms with Gasteiger partial charge >= 0.3 is 6.18 Å². The topological polar surface area (TPSA) is 52.9 Å². The highest BCUT2D eigenvalue weighted by Crippen LogP contribution is 2.31. The molecule has 112 valence electrons. The van der Waals surface area contributed by atoms with Crippen LogP contribution in [0.3, 0.4) is 0 Å². The molecule has 2 aromatic carbocycles. The zero-order valence-corrected chi connectivity index (χ0v) is 11.3. The van der Waals surface area contributed by atoms with Crippen molar-refractivity contribution >= 4 is 5.91 Å². The molecule has 0 fully saturated rings. The van der Waals surface area contributed by atoms with Crippen LogP contribution in [0.5, 0.6) is 0 Å². The fourth-order valence-electron chi connectivity index (χ4n) is 1.90. The van der Waals surface area contributed by atoms with E-state index in [0.717, 1.165) is 12.1 Å². The minimum atomic E-state index is -4.58. The molecule has 0 radical (unpaired) electrons. The number of benzene rings is 2. The summed E-state index contributed by atoms with van der Waals surface area (Å²) >= 11 is 0. The SMILES string of the molecule is N#Cc1ccc(CNC(=O)c2ccccc2C(F)(F)F)cc1. The lowest BCUT2D eigenvalue weighted by Gasteiger charge is -2.12. The molecular formula is C16H11F3N2O. The molecule has 1 amide bonds. The summed E-state index contributed by atoms with van der Waals surface area (Å²) in [6, 6.07) is 13.0. The summed E-state index contributed by atoms with van der Waals surface area (Å²) in [5, 5.41) is 11.1. The number of nitrogens with zero attached hydrogens (tertiary/aromatic N) is 1. The molecule has 0 saturated carbocycles. The van der Waals surface area contributed by atoms with Gasteiger partial charge in [-0.05, 0) is 29.8 Å². The van der Waals surface area contributed by atoms with Crippen LogP contribution in [0, 0.1) is 11.3 Å². The minimum Gasteiger partial charge on any atom is -0.348 e. The number of hydrogen-bond acceptors (Lipinski definition) is 2. The van der Waals surface area contributed by atoms with Crippen LogP contribution < -0.4 is 5.32 Å². The molecule has 2 aromatic rings. The Hall–Kier alpha value is -2.81. The highest BCUT2D eigenvalue weighted by Gasteiger charge is 2.34. The summed E-state index contributed by atoms with van der Waals surface area (Å²) in [5.74, 6) is -0.794. The molecule has 0 aliphatic rings. The first kappa shape index (κ1) is 15.6. The van der Waals surface area contributed by atoms with E-state index in [1.54, 1.807) is 24.3 Å². The summed E-state index contributed by atoms with van der Waals surface area (Å²) < 4.78 is 38.5. The molecule has 0 heterocycles. The number of amides is 1. The maximum absolute atomic E-state index is 12.8. The van der Waals surface area contributed by atoms with Gasteiger partial charge in [0.25, 0.3) is 5.91 Å². The van der Waals surface area contributed by atoms with Gasteiger partial charge in [-0.1, -0.05) is 24.3 Å². The van der Waals surface area contributed by atoms with E-state index in [0.29, 0.717) is 11.1 Å². The van der Waals surface area contributed by atoms with Crippen LogP contribution in [0.15, 0.2) is 48.5 Å². The number of nitrogens with one attached hydrogen (secondary N) is 1. The van der Waals surface area contributed by atoms with Gasteiger partial charge < -0.3 is 5.32 Å². The predicted molar refractivity (Wildman–Crippen MR) is 73.8 cm³/mol. The summed E-state index contributed by atoms with van der Waals surface area (Å²) in [6.07, 6.45) is -4.58. The largest absolute Gasteiger partial charge is 0.417 e. The van der Waals surface area contributed by atoms with Crippen molar-refractivity contribution < 1.29 is 18.0 Å². The second kappa shape index (κ2) is 6.31. The molecule has 1 N–H and O–H groups in total. The monoisotopic (exact) mass is 304 g/mol. The van der Waals surface area contributed by atoms with Gasteiger partial charge in [0.1, 0.15) is 0 Å². The Labute approximate surface area is 125 Å². The Bertz CT molecular complexity index is 715. The van der Waals surface area contributed by atoms with Gasteiger partial charge in [-0.3, -0.25) is 4.79 Å². The maximum atomic E-state index is 12.8. The fraction of sp³-hybridized carbons (Fsp3) is 0.125. The van der Waals surface area contributed by atoms with Crippen molar-refractivity contribution in [1.29, 1.82) is 5.26 Å². The number of halogens is 3. The number of nitriles is 1. The maximum Gasteiger partial charge on any atom is 0.417 e. The lowest BCUT2D eigenvalue weighted by atomic mass is 10.1. The number of rotatable bonds is 3. The van der Waals surface area contributed by atoms with Crippen molar-refractivity contribution in [3.8, 4) is 6.07 Å². The Kier molecular flexibility index (Phi) is 4.47. The molecule has 2 rings (SSSR count). The number of carbonyl (C=O) groups excluding carboxylic acids is 1. The Balaban J connectivity index is 2.11. The van der Waals surface area contributed by atoms with Gasteiger partial charge in [0, 0.05) is 6.54 Å². The van der Waals surface area contributed by atoms with Crippen LogP contribution in [0.4, 0.5) is 13.2 Å². The van der Waals surface area contributed by atoms with E-state index in [4.69, 9.17) is 5.26 Å². The highest BCUT2D eigenvalue weighted by molar-refractivity contribution is 5.95. The second-order valence-corrected chi connectivity index (χ2v) is 4.53. The van der Waals surface area contributed by atoms with Crippen LogP contribution in [0.2, 0.25) is 0 Å². The van der Waals surface area contributed by atoms with E-state index in [1.807, 2.05) is 6.07 Å². The van der Waals surface area contributed by atoms with Crippen molar-refractivity contribution in [3.05, 3.63) is 70.8 Å². The zero-order valence-electron chi connectivity index (χ0n) is 11.3. The third kappa shape index (κ3) is 3.64. The lowest BCUT2D eigenvalue weighted by molar-refractivity contribution is -0.137. The van der Waals surface area contributed by atoms with E-state index >= 15 is 0 Å². The Morgan fingerprint density at radius 3 is 2.32 bits per heavy atom. The van der Waals surface area contributed by atoms with Crippen molar-refractivity contribution in [2.45, 2.75) is 12.7 Å². The molecule has 0 aliphatic carbocycles. The van der Waals surface area contributed by atoms with Gasteiger partial charge in [0.2, 0.25) is 0 Å². The number of hydrogen-bond donors (Lipinski definition) is 1. The molecule has 22 heavy (non-hydrogen) atoms. The van der Waals surface area contributed by atoms with Crippen molar-refractivity contribution in [1.82, 2.24) is 5.32 Å². The molecule has 0 aromatic heterocycles. The van der Waals surface area contributed by atoms with Gasteiger partial charge in [-0.15, -0.1) is 0 Å². The average molecular weight is 304 g/mol. The molecule has 0 bridgehead atoms. The van der Waals surface area contributed by atoms with E-state index in [1.165, 1.54) is 12.1 Å². The first-order chi connectivity index (χ1) is 10.4. The minimum absolute atomic E-state index is 0.0801. The first-order valence-corrected chi connectivity index (χ1v) is 6.35. The third-order valence-corrected chi connectivity index (χ3v) is 3.01. The molecule has 0 unspecified atom stereocenters. The van der Waals surface area contributed by atoms with Crippen molar-refractivity contribution in [2.75, 3.05) is 0 Å². The number of carbonyl (C=O) groups is 1. The molecule has 0 aliphatic heterocycles. The van der Waals surface area contributed by atoms with E-state index in [2.05, 4.69) is 5.32 Å². The zero-order chi connectivity index (χ0) is 16.2. The van der Waals surface area contributed by atoms with Crippen molar-refractivity contribution in [2.24, 2.45) is 0 Å². The second-order valence-electron chi connectivity index (χ2n) is 4.53. The van der Waals surface area contributed by atoms with Crippen LogP contribution >= 0.6 is 0 Å². The van der Waals surface area contributed by atoms with Crippen LogP contribution in [-0.4, -0.2) is 5.91 Å². The standard InChI is InChI=1S/C16H11F3N2O/c17-16(18,19)14-4-2-1-3-13(14)15(22)21-10-12-7-5-11(9-20)6-8-12/h1-8H,10H2,(H,21,22). The Morgan fingerprint density at radius 1 is 1.09 bits per heavy atom. The van der Waals surface area contributed by atoms with Crippen LogP contribution in [0.1, 0.15) is 27.0 Å². The smallest absolute Gasteiger partial charge is 0.348 e. The molecule has 0 saturated heterocycles. The van der Waals surface area contributed by atoms with Crippen LogP contribution in [-0.2, 0) is 12.7 Å². The van der Waals surface area contributed by atoms with Gasteiger partial charge in [-0.25, -0.2) is 0 Å². The first-order valence-electron chi connectivity index (χ1n) is 6.35. The Morgan fingerprint density at radius 2 is 1.73 bits per heavy atom. The summed E-state index contributed by atoms with van der Waals surface area (Å²) in [4.78, 5) is 11.9. The van der Waals surface area contributed by atoms with Crippen LogP contribution in [0.25, 0.3) is 0 Å². The van der Waals surface area contributed by atoms with E-state index in [-0.39, 0.29) is 6.54 Å². The van der Waals surface area contributed by atoms with Gasteiger partial charge in [0.05, 0.1) is 22.8 Å². The quantitative estimate of drug-likeness (QED) is 0.943. The third-order valence-electron chi connectivity index (χ3n) is 3.01. The molecular weight excluding hydrogens is 293 g/mol. The summed E-state index contributed by atoms with van der Waals surface area (Å²) in [5.41, 5.74) is -0.217. The van der Waals surface area contributed by atoms with Gasteiger partial charge in [0.15, 0.2) is 0 Å². The molecule has 0 spiro atoms. The molecule has 6 heteroatoms. The normalized spacial score (nSPS) is 10.8. The molecule has 0 atom stereocenters. The van der Waals surface area contributed by atoms with E-state index < -0.39 is 23.2 Å². The summed E-state index contributed by atoms with van der Waals surface area (Å²) in [7, 11) is 0. The van der Waals surface area contributed by atoms with Gasteiger partial charge in [-0.2, -0.15) is 18.4 Å².